The molecule has 124 valence electrons. The maximum Gasteiger partial charge on any atom is 0.143 e. The zero-order valence-corrected chi connectivity index (χ0v) is 14.4. The average molecular weight is 313 g/mol. The molecule has 0 spiro atoms. The Morgan fingerprint density at radius 3 is 2.83 bits per heavy atom. The van der Waals surface area contributed by atoms with Gasteiger partial charge in [0.05, 0.1) is 5.39 Å². The van der Waals surface area contributed by atoms with Gasteiger partial charge in [-0.3, -0.25) is 0 Å². The topological polar surface area (TPSA) is 48.1 Å². The summed E-state index contributed by atoms with van der Waals surface area (Å²) < 4.78 is 0. The molecule has 2 aromatic heterocycles. The van der Waals surface area contributed by atoms with Crippen LogP contribution < -0.4 is 4.90 Å². The van der Waals surface area contributed by atoms with Crippen LogP contribution in [0.3, 0.4) is 0 Å². The van der Waals surface area contributed by atoms with Crippen molar-refractivity contribution in [2.24, 2.45) is 11.8 Å². The van der Waals surface area contributed by atoms with E-state index in [4.69, 9.17) is 0 Å². The highest BCUT2D eigenvalue weighted by Gasteiger charge is 2.39. The van der Waals surface area contributed by atoms with E-state index in [-0.39, 0.29) is 0 Å². The molecular weight excluding hydrogens is 286 g/mol. The van der Waals surface area contributed by atoms with E-state index in [0.29, 0.717) is 0 Å². The summed E-state index contributed by atoms with van der Waals surface area (Å²) in [4.78, 5) is 17.3. The molecule has 5 heteroatoms. The van der Waals surface area contributed by atoms with E-state index in [0.717, 1.165) is 48.9 Å². The van der Waals surface area contributed by atoms with Gasteiger partial charge in [-0.2, -0.15) is 0 Å². The highest BCUT2D eigenvalue weighted by Crippen LogP contribution is 2.40. The Bertz CT molecular complexity index is 692. The molecule has 3 heterocycles. The van der Waals surface area contributed by atoms with Gasteiger partial charge >= 0.3 is 0 Å². The molecule has 2 aromatic rings. The lowest BCUT2D eigenvalue weighted by Crippen LogP contribution is -2.36. The predicted molar refractivity (Wildman–Crippen MR) is 93.8 cm³/mol. The smallest absolute Gasteiger partial charge is 0.143 e. The SMILES string of the molecule is CCc1c[nH]c2ncnc(N3CC4CCC(N(C)C)CC4C3)c12. The van der Waals surface area contributed by atoms with Crippen molar-refractivity contribution in [3.8, 4) is 0 Å². The van der Waals surface area contributed by atoms with Gasteiger partial charge in [0, 0.05) is 25.3 Å². The lowest BCUT2D eigenvalue weighted by molar-refractivity contribution is 0.162. The lowest BCUT2D eigenvalue weighted by atomic mass is 9.79. The van der Waals surface area contributed by atoms with Gasteiger partial charge in [0.25, 0.3) is 0 Å². The van der Waals surface area contributed by atoms with Crippen LogP contribution in [-0.4, -0.2) is 53.1 Å². The number of fused-ring (bicyclic) bond motifs is 2. The van der Waals surface area contributed by atoms with E-state index in [2.05, 4.69) is 52.0 Å². The minimum Gasteiger partial charge on any atom is -0.355 e. The third kappa shape index (κ3) is 2.51. The molecule has 3 unspecified atom stereocenters. The molecule has 1 aliphatic heterocycles. The fraction of sp³-hybridized carbons (Fsp3) is 0.667. The van der Waals surface area contributed by atoms with Crippen molar-refractivity contribution < 1.29 is 0 Å². The van der Waals surface area contributed by atoms with E-state index in [1.165, 1.54) is 30.2 Å². The minimum atomic E-state index is 0.750. The molecular formula is C18H27N5. The Morgan fingerprint density at radius 2 is 2.04 bits per heavy atom. The summed E-state index contributed by atoms with van der Waals surface area (Å²) in [6.45, 7) is 4.51. The summed E-state index contributed by atoms with van der Waals surface area (Å²) >= 11 is 0. The summed E-state index contributed by atoms with van der Waals surface area (Å²) in [5, 5.41) is 1.23. The second kappa shape index (κ2) is 5.78. The Kier molecular flexibility index (Phi) is 3.76. The maximum absolute atomic E-state index is 4.67. The Labute approximate surface area is 138 Å². The number of rotatable bonds is 3. The molecule has 0 amide bonds. The normalized spacial score (nSPS) is 27.8. The molecule has 2 fully saturated rings. The second-order valence-corrected chi connectivity index (χ2v) is 7.44. The molecule has 1 aliphatic carbocycles. The van der Waals surface area contributed by atoms with Crippen LogP contribution in [0.4, 0.5) is 5.82 Å². The standard InChI is InChI=1S/C18H27N5/c1-4-12-8-19-17-16(12)18(21-11-20-17)23-9-13-5-6-15(22(2)3)7-14(13)10-23/h8,11,13-15H,4-7,9-10H2,1-3H3,(H,19,20,21). The Morgan fingerprint density at radius 1 is 1.22 bits per heavy atom. The van der Waals surface area contributed by atoms with E-state index in [9.17, 15) is 0 Å². The minimum absolute atomic E-state index is 0.750. The fourth-order valence-corrected chi connectivity index (χ4v) is 4.58. The molecule has 1 saturated carbocycles. The first-order valence-electron chi connectivity index (χ1n) is 8.89. The van der Waals surface area contributed by atoms with Crippen molar-refractivity contribution in [2.45, 2.75) is 38.6 Å². The number of nitrogens with zero attached hydrogens (tertiary/aromatic N) is 4. The summed E-state index contributed by atoms with van der Waals surface area (Å²) in [7, 11) is 4.44. The van der Waals surface area contributed by atoms with E-state index in [1.807, 2.05) is 0 Å². The lowest BCUT2D eigenvalue weighted by Gasteiger charge is -2.34. The zero-order valence-electron chi connectivity index (χ0n) is 14.4. The zero-order chi connectivity index (χ0) is 16.0. The molecule has 1 N–H and O–H groups in total. The van der Waals surface area contributed by atoms with Crippen molar-refractivity contribution in [3.05, 3.63) is 18.1 Å². The highest BCUT2D eigenvalue weighted by atomic mass is 15.2. The van der Waals surface area contributed by atoms with Gasteiger partial charge in [0.1, 0.15) is 17.8 Å². The molecule has 0 bridgehead atoms. The molecule has 23 heavy (non-hydrogen) atoms. The summed E-state index contributed by atoms with van der Waals surface area (Å²) in [5.41, 5.74) is 2.31. The van der Waals surface area contributed by atoms with Crippen LogP contribution in [-0.2, 0) is 6.42 Å². The van der Waals surface area contributed by atoms with Crippen LogP contribution in [0.25, 0.3) is 11.0 Å². The third-order valence-corrected chi connectivity index (χ3v) is 5.96. The number of hydrogen-bond donors (Lipinski definition) is 1. The maximum atomic E-state index is 4.67. The summed E-state index contributed by atoms with van der Waals surface area (Å²) in [6.07, 6.45) is 8.84. The number of aryl methyl sites for hydroxylation is 1. The van der Waals surface area contributed by atoms with Gasteiger partial charge in [-0.25, -0.2) is 9.97 Å². The predicted octanol–water partition coefficient (Wildman–Crippen LogP) is 2.69. The van der Waals surface area contributed by atoms with Gasteiger partial charge in [0.15, 0.2) is 0 Å². The first kappa shape index (κ1) is 14.9. The number of aromatic amines is 1. The quantitative estimate of drug-likeness (QED) is 0.946. The molecule has 3 atom stereocenters. The van der Waals surface area contributed by atoms with Gasteiger partial charge < -0.3 is 14.8 Å². The van der Waals surface area contributed by atoms with E-state index in [1.54, 1.807) is 6.33 Å². The first-order valence-corrected chi connectivity index (χ1v) is 8.89. The van der Waals surface area contributed by atoms with Crippen molar-refractivity contribution in [1.82, 2.24) is 19.9 Å². The van der Waals surface area contributed by atoms with E-state index >= 15 is 0 Å². The third-order valence-electron chi connectivity index (χ3n) is 5.96. The Balaban J connectivity index is 1.62. The van der Waals surface area contributed by atoms with Gasteiger partial charge in [-0.05, 0) is 57.2 Å². The average Bonchev–Trinajstić information content (AvgIpc) is 3.17. The number of anilines is 1. The number of H-pyrrole nitrogens is 1. The van der Waals surface area contributed by atoms with E-state index < -0.39 is 0 Å². The molecule has 0 radical (unpaired) electrons. The largest absolute Gasteiger partial charge is 0.355 e. The first-order chi connectivity index (χ1) is 11.2. The number of hydrogen-bond acceptors (Lipinski definition) is 4. The molecule has 5 nitrogen and oxygen atoms in total. The Hall–Kier alpha value is -1.62. The molecule has 0 aromatic carbocycles. The van der Waals surface area contributed by atoms with Crippen LogP contribution >= 0.6 is 0 Å². The summed E-state index contributed by atoms with van der Waals surface area (Å²) in [6, 6.07) is 0.750. The van der Waals surface area contributed by atoms with Crippen LogP contribution in [0.1, 0.15) is 31.7 Å². The summed E-state index contributed by atoms with van der Waals surface area (Å²) in [5.74, 6) is 2.79. The van der Waals surface area contributed by atoms with Crippen LogP contribution in [0, 0.1) is 11.8 Å². The highest BCUT2D eigenvalue weighted by molar-refractivity contribution is 5.90. The fourth-order valence-electron chi connectivity index (χ4n) is 4.58. The number of nitrogens with one attached hydrogen (secondary N) is 1. The van der Waals surface area contributed by atoms with Crippen molar-refractivity contribution in [1.29, 1.82) is 0 Å². The van der Waals surface area contributed by atoms with Gasteiger partial charge in [-0.1, -0.05) is 6.92 Å². The number of aromatic nitrogens is 3. The monoisotopic (exact) mass is 313 g/mol. The van der Waals surface area contributed by atoms with Crippen LogP contribution in [0.15, 0.2) is 12.5 Å². The second-order valence-electron chi connectivity index (χ2n) is 7.44. The molecule has 2 aliphatic rings. The van der Waals surface area contributed by atoms with Crippen molar-refractivity contribution in [2.75, 3.05) is 32.1 Å². The van der Waals surface area contributed by atoms with Gasteiger partial charge in [-0.15, -0.1) is 0 Å². The molecule has 4 rings (SSSR count). The van der Waals surface area contributed by atoms with Crippen LogP contribution in [0.5, 0.6) is 0 Å². The van der Waals surface area contributed by atoms with Crippen molar-refractivity contribution in [3.63, 3.8) is 0 Å². The van der Waals surface area contributed by atoms with Gasteiger partial charge in [0.2, 0.25) is 0 Å². The van der Waals surface area contributed by atoms with Crippen molar-refractivity contribution >= 4 is 16.9 Å². The van der Waals surface area contributed by atoms with Crippen LogP contribution in [0.2, 0.25) is 0 Å². The molecule has 1 saturated heterocycles.